The molecular weight excluding hydrogens is 314 g/mol. The van der Waals surface area contributed by atoms with Gasteiger partial charge in [-0.15, -0.1) is 0 Å². The van der Waals surface area contributed by atoms with Crippen LogP contribution >= 0.6 is 0 Å². The molecule has 1 aliphatic carbocycles. The molecule has 0 aromatic heterocycles. The van der Waals surface area contributed by atoms with E-state index in [1.807, 2.05) is 0 Å². The molecule has 2 rings (SSSR count). The Bertz CT molecular complexity index is 633. The number of amides is 1. The Morgan fingerprint density at radius 3 is 2.22 bits per heavy atom. The van der Waals surface area contributed by atoms with Gasteiger partial charge in [-0.1, -0.05) is 25.7 Å². The van der Waals surface area contributed by atoms with E-state index in [-0.39, 0.29) is 17.3 Å². The second-order valence-corrected chi connectivity index (χ2v) is 8.07. The van der Waals surface area contributed by atoms with E-state index in [0.29, 0.717) is 5.69 Å². The van der Waals surface area contributed by atoms with Crippen molar-refractivity contribution < 1.29 is 13.2 Å². The Morgan fingerprint density at radius 2 is 1.70 bits per heavy atom. The minimum absolute atomic E-state index is 0.170. The van der Waals surface area contributed by atoms with Gasteiger partial charge >= 0.3 is 0 Å². The molecule has 1 aromatic carbocycles. The number of hydrogen-bond acceptors (Lipinski definition) is 4. The SMILES string of the molecule is CC(=O)Nc1ccc(S(=O)(=O)NCC2(N)CCCCCC2)cc1. The first-order valence-electron chi connectivity index (χ1n) is 7.97. The van der Waals surface area contributed by atoms with Gasteiger partial charge in [0, 0.05) is 24.7 Å². The molecule has 1 aliphatic rings. The highest BCUT2D eigenvalue weighted by Crippen LogP contribution is 2.25. The maximum atomic E-state index is 12.4. The number of nitrogens with two attached hydrogens (primary N) is 1. The Morgan fingerprint density at radius 1 is 1.13 bits per heavy atom. The Labute approximate surface area is 137 Å². The average molecular weight is 339 g/mol. The summed E-state index contributed by atoms with van der Waals surface area (Å²) < 4.78 is 27.4. The lowest BCUT2D eigenvalue weighted by atomic mass is 9.92. The fourth-order valence-corrected chi connectivity index (χ4v) is 3.99. The van der Waals surface area contributed by atoms with Crippen LogP contribution in [0.1, 0.15) is 45.4 Å². The zero-order valence-corrected chi connectivity index (χ0v) is 14.3. The minimum atomic E-state index is -3.60. The summed E-state index contributed by atoms with van der Waals surface area (Å²) in [5.74, 6) is -0.197. The third-order valence-corrected chi connectivity index (χ3v) is 5.62. The molecule has 1 fully saturated rings. The zero-order chi connectivity index (χ0) is 16.9. The Balaban J connectivity index is 2.02. The van der Waals surface area contributed by atoms with Crippen molar-refractivity contribution in [2.75, 3.05) is 11.9 Å². The van der Waals surface area contributed by atoms with Crippen LogP contribution in [0.3, 0.4) is 0 Å². The van der Waals surface area contributed by atoms with Gasteiger partial charge in [0.05, 0.1) is 4.90 Å². The summed E-state index contributed by atoms with van der Waals surface area (Å²) in [6.07, 6.45) is 6.11. The number of nitrogens with one attached hydrogen (secondary N) is 2. The standard InChI is InChI=1S/C16H25N3O3S/c1-13(20)19-14-6-8-15(9-7-14)23(21,22)18-12-16(17)10-4-2-3-5-11-16/h6-9,18H,2-5,10-12,17H2,1H3,(H,19,20). The second kappa shape index (κ2) is 7.42. The summed E-state index contributed by atoms with van der Waals surface area (Å²) >= 11 is 0. The lowest BCUT2D eigenvalue weighted by molar-refractivity contribution is -0.114. The quantitative estimate of drug-likeness (QED) is 0.714. The molecule has 0 aliphatic heterocycles. The summed E-state index contributed by atoms with van der Waals surface area (Å²) in [6, 6.07) is 6.09. The van der Waals surface area contributed by atoms with Gasteiger partial charge in [0.1, 0.15) is 0 Å². The van der Waals surface area contributed by atoms with Gasteiger partial charge in [0.15, 0.2) is 0 Å². The molecule has 0 saturated heterocycles. The molecule has 0 unspecified atom stereocenters. The fourth-order valence-electron chi connectivity index (χ4n) is 2.85. The van der Waals surface area contributed by atoms with E-state index in [1.54, 1.807) is 12.1 Å². The third kappa shape index (κ3) is 5.30. The number of benzene rings is 1. The average Bonchev–Trinajstić information content (AvgIpc) is 2.71. The first-order chi connectivity index (χ1) is 10.8. The van der Waals surface area contributed by atoms with Gasteiger partial charge in [-0.3, -0.25) is 4.79 Å². The highest BCUT2D eigenvalue weighted by Gasteiger charge is 2.28. The normalized spacial score (nSPS) is 18.2. The smallest absolute Gasteiger partial charge is 0.240 e. The van der Waals surface area contributed by atoms with Gasteiger partial charge < -0.3 is 11.1 Å². The van der Waals surface area contributed by atoms with Crippen molar-refractivity contribution in [3.63, 3.8) is 0 Å². The summed E-state index contributed by atoms with van der Waals surface area (Å²) in [6.45, 7) is 1.66. The monoisotopic (exact) mass is 339 g/mol. The van der Waals surface area contributed by atoms with Crippen molar-refractivity contribution in [2.24, 2.45) is 5.73 Å². The van der Waals surface area contributed by atoms with Crippen LogP contribution < -0.4 is 15.8 Å². The third-order valence-electron chi connectivity index (χ3n) is 4.20. The molecule has 0 bridgehead atoms. The van der Waals surface area contributed by atoms with Crippen LogP contribution in [0.5, 0.6) is 0 Å². The van der Waals surface area contributed by atoms with Crippen molar-refractivity contribution in [1.82, 2.24) is 4.72 Å². The van der Waals surface area contributed by atoms with Gasteiger partial charge in [-0.25, -0.2) is 13.1 Å². The molecule has 1 aromatic rings. The Kier molecular flexibility index (Phi) is 5.78. The molecule has 128 valence electrons. The molecular formula is C16H25N3O3S. The van der Waals surface area contributed by atoms with Gasteiger partial charge in [0.2, 0.25) is 15.9 Å². The molecule has 0 atom stereocenters. The van der Waals surface area contributed by atoms with Crippen LogP contribution in [0.4, 0.5) is 5.69 Å². The first-order valence-corrected chi connectivity index (χ1v) is 9.45. The first kappa shape index (κ1) is 17.9. The number of hydrogen-bond donors (Lipinski definition) is 3. The van der Waals surface area contributed by atoms with Crippen molar-refractivity contribution in [3.8, 4) is 0 Å². The predicted molar refractivity (Wildman–Crippen MR) is 90.6 cm³/mol. The molecule has 0 radical (unpaired) electrons. The number of rotatable bonds is 5. The summed E-state index contributed by atoms with van der Waals surface area (Å²) in [5.41, 5.74) is 6.46. The fraction of sp³-hybridized carbons (Fsp3) is 0.562. The van der Waals surface area contributed by atoms with Gasteiger partial charge in [-0.2, -0.15) is 0 Å². The largest absolute Gasteiger partial charge is 0.326 e. The molecule has 1 amide bonds. The lowest BCUT2D eigenvalue weighted by Crippen LogP contribution is -2.49. The number of sulfonamides is 1. The summed E-state index contributed by atoms with van der Waals surface area (Å²) in [4.78, 5) is 11.2. The van der Waals surface area contributed by atoms with E-state index in [4.69, 9.17) is 5.73 Å². The molecule has 23 heavy (non-hydrogen) atoms. The van der Waals surface area contributed by atoms with Crippen molar-refractivity contribution in [1.29, 1.82) is 0 Å². The molecule has 0 heterocycles. The summed E-state index contributed by atoms with van der Waals surface area (Å²) in [7, 11) is -3.60. The molecule has 6 nitrogen and oxygen atoms in total. The van der Waals surface area contributed by atoms with Gasteiger partial charge in [0.25, 0.3) is 0 Å². The van der Waals surface area contributed by atoms with E-state index >= 15 is 0 Å². The van der Waals surface area contributed by atoms with E-state index in [0.717, 1.165) is 38.5 Å². The predicted octanol–water partition coefficient (Wildman–Crippen LogP) is 1.97. The van der Waals surface area contributed by atoms with E-state index < -0.39 is 15.6 Å². The van der Waals surface area contributed by atoms with Crippen LogP contribution in [0, 0.1) is 0 Å². The van der Waals surface area contributed by atoms with Crippen LogP contribution in [0.25, 0.3) is 0 Å². The lowest BCUT2D eigenvalue weighted by Gasteiger charge is -2.28. The van der Waals surface area contributed by atoms with E-state index in [1.165, 1.54) is 19.1 Å². The van der Waals surface area contributed by atoms with Crippen LogP contribution in [-0.4, -0.2) is 26.4 Å². The van der Waals surface area contributed by atoms with Crippen molar-refractivity contribution in [3.05, 3.63) is 24.3 Å². The number of carbonyl (C=O) groups excluding carboxylic acids is 1. The van der Waals surface area contributed by atoms with Crippen molar-refractivity contribution in [2.45, 2.75) is 55.9 Å². The molecule has 0 spiro atoms. The minimum Gasteiger partial charge on any atom is -0.326 e. The highest BCUT2D eigenvalue weighted by molar-refractivity contribution is 7.89. The van der Waals surface area contributed by atoms with Crippen molar-refractivity contribution >= 4 is 21.6 Å². The number of carbonyl (C=O) groups is 1. The van der Waals surface area contributed by atoms with E-state index in [9.17, 15) is 13.2 Å². The van der Waals surface area contributed by atoms with Crippen LogP contribution in [-0.2, 0) is 14.8 Å². The molecule has 7 heteroatoms. The zero-order valence-electron chi connectivity index (χ0n) is 13.5. The summed E-state index contributed by atoms with van der Waals surface area (Å²) in [5, 5.41) is 2.61. The highest BCUT2D eigenvalue weighted by atomic mass is 32.2. The second-order valence-electron chi connectivity index (χ2n) is 6.31. The van der Waals surface area contributed by atoms with Crippen LogP contribution in [0.15, 0.2) is 29.2 Å². The maximum absolute atomic E-state index is 12.4. The number of anilines is 1. The maximum Gasteiger partial charge on any atom is 0.240 e. The van der Waals surface area contributed by atoms with Crippen LogP contribution in [0.2, 0.25) is 0 Å². The van der Waals surface area contributed by atoms with E-state index in [2.05, 4.69) is 10.0 Å². The topological polar surface area (TPSA) is 101 Å². The molecule has 4 N–H and O–H groups in total. The molecule has 1 saturated carbocycles. The van der Waals surface area contributed by atoms with Gasteiger partial charge in [-0.05, 0) is 37.1 Å². The Hall–Kier alpha value is -1.44.